The molecule has 1 fully saturated rings. The minimum absolute atomic E-state index is 0.0422. The first-order chi connectivity index (χ1) is 9.58. The predicted octanol–water partition coefficient (Wildman–Crippen LogP) is 0.943. The molecule has 2 aromatic heterocycles. The fourth-order valence-electron chi connectivity index (χ4n) is 2.17. The van der Waals surface area contributed by atoms with Crippen LogP contribution in [-0.4, -0.2) is 30.0 Å². The van der Waals surface area contributed by atoms with Crippen molar-refractivity contribution < 1.29 is 0 Å². The van der Waals surface area contributed by atoms with Gasteiger partial charge in [0.05, 0.1) is 0 Å². The molecule has 1 aliphatic carbocycles. The van der Waals surface area contributed by atoms with Crippen molar-refractivity contribution in [2.45, 2.75) is 32.2 Å². The Balaban J connectivity index is 1.92. The van der Waals surface area contributed by atoms with Gasteiger partial charge in [-0.15, -0.1) is 0 Å². The molecule has 8 nitrogen and oxygen atoms in total. The molecule has 0 atom stereocenters. The lowest BCUT2D eigenvalue weighted by Gasteiger charge is -2.26. The lowest BCUT2D eigenvalue weighted by Crippen LogP contribution is -2.34. The largest absolute Gasteiger partial charge is 0.349 e. The summed E-state index contributed by atoms with van der Waals surface area (Å²) in [4.78, 5) is 16.9. The van der Waals surface area contributed by atoms with E-state index in [0.717, 1.165) is 0 Å². The van der Waals surface area contributed by atoms with Gasteiger partial charge in [-0.05, 0) is 32.6 Å². The quantitative estimate of drug-likeness (QED) is 0.550. The zero-order chi connectivity index (χ0) is 14.2. The summed E-state index contributed by atoms with van der Waals surface area (Å²) >= 11 is 0. The van der Waals surface area contributed by atoms with Crippen molar-refractivity contribution >= 4 is 11.9 Å². The van der Waals surface area contributed by atoms with Crippen molar-refractivity contribution in [2.75, 3.05) is 10.7 Å². The number of imidazole rings is 1. The predicted molar refractivity (Wildman–Crippen MR) is 75.2 cm³/mol. The number of hydrazine groups is 1. The summed E-state index contributed by atoms with van der Waals surface area (Å²) in [5.74, 6) is 7.38. The first-order valence-electron chi connectivity index (χ1n) is 6.58. The van der Waals surface area contributed by atoms with Gasteiger partial charge in [0.1, 0.15) is 6.33 Å². The third-order valence-electron chi connectivity index (χ3n) is 3.52. The van der Waals surface area contributed by atoms with Gasteiger partial charge in [-0.2, -0.15) is 15.0 Å². The zero-order valence-corrected chi connectivity index (χ0v) is 11.5. The molecule has 1 aliphatic rings. The smallest absolute Gasteiger partial charge is 0.243 e. The minimum atomic E-state index is -0.0422. The molecule has 0 spiro atoms. The van der Waals surface area contributed by atoms with Gasteiger partial charge in [-0.1, -0.05) is 0 Å². The Hall–Kier alpha value is -2.22. The number of nitrogen functional groups attached to an aromatic ring is 1. The van der Waals surface area contributed by atoms with Gasteiger partial charge in [0.15, 0.2) is 0 Å². The molecule has 4 N–H and O–H groups in total. The third kappa shape index (κ3) is 2.55. The van der Waals surface area contributed by atoms with E-state index in [0.29, 0.717) is 23.8 Å². The van der Waals surface area contributed by atoms with Crippen LogP contribution in [0.4, 0.5) is 11.9 Å². The van der Waals surface area contributed by atoms with Crippen LogP contribution in [0.2, 0.25) is 0 Å². The summed E-state index contributed by atoms with van der Waals surface area (Å²) in [6.07, 6.45) is 7.54. The number of hydrogen-bond acceptors (Lipinski definition) is 7. The highest BCUT2D eigenvalue weighted by atomic mass is 15.4. The van der Waals surface area contributed by atoms with Gasteiger partial charge < -0.3 is 5.32 Å². The summed E-state index contributed by atoms with van der Waals surface area (Å²) in [6, 6.07) is 0. The van der Waals surface area contributed by atoms with E-state index in [-0.39, 0.29) is 5.54 Å². The second-order valence-electron chi connectivity index (χ2n) is 5.52. The van der Waals surface area contributed by atoms with Gasteiger partial charge >= 0.3 is 0 Å². The monoisotopic (exact) mass is 274 g/mol. The molecule has 0 aliphatic heterocycles. The number of nitrogens with one attached hydrogen (secondary N) is 2. The Morgan fingerprint density at radius 1 is 1.25 bits per heavy atom. The second kappa shape index (κ2) is 4.71. The summed E-state index contributed by atoms with van der Waals surface area (Å²) < 4.78 is 1.71. The molecule has 1 saturated carbocycles. The highest BCUT2D eigenvalue weighted by Gasteiger charge is 2.38. The molecule has 8 heteroatoms. The maximum absolute atomic E-state index is 5.42. The fraction of sp³-hybridized carbons (Fsp3) is 0.500. The summed E-state index contributed by atoms with van der Waals surface area (Å²) in [5.41, 5.74) is 2.42. The van der Waals surface area contributed by atoms with E-state index in [1.807, 2.05) is 0 Å². The van der Waals surface area contributed by atoms with Gasteiger partial charge in [0, 0.05) is 17.9 Å². The average molecular weight is 274 g/mol. The van der Waals surface area contributed by atoms with E-state index in [2.05, 4.69) is 44.5 Å². The Morgan fingerprint density at radius 3 is 2.60 bits per heavy atom. The Labute approximate surface area is 116 Å². The third-order valence-corrected chi connectivity index (χ3v) is 3.52. The standard InChI is InChI=1S/C12H18N8/c1-12(2,8-3-4-8)18-9-15-10(19-13)17-11(16-9)20-6-5-14-7-20/h5-8H,3-4,13H2,1-2H3,(H2,15,16,17,18,19). The normalized spacial score (nSPS) is 15.2. The molecule has 106 valence electrons. The van der Waals surface area contributed by atoms with Crippen LogP contribution in [-0.2, 0) is 0 Å². The second-order valence-corrected chi connectivity index (χ2v) is 5.52. The molecular formula is C12H18N8. The van der Waals surface area contributed by atoms with Crippen LogP contribution in [0, 0.1) is 5.92 Å². The molecular weight excluding hydrogens is 256 g/mol. The zero-order valence-electron chi connectivity index (χ0n) is 11.5. The van der Waals surface area contributed by atoms with Crippen molar-refractivity contribution in [3.8, 4) is 5.95 Å². The Kier molecular flexibility index (Phi) is 3.01. The SMILES string of the molecule is CC(C)(Nc1nc(NN)nc(-n2ccnc2)n1)C1CC1. The van der Waals surface area contributed by atoms with Crippen LogP contribution in [0.3, 0.4) is 0 Å². The van der Waals surface area contributed by atoms with Crippen LogP contribution in [0.25, 0.3) is 5.95 Å². The molecule has 0 radical (unpaired) electrons. The number of anilines is 2. The van der Waals surface area contributed by atoms with Crippen molar-refractivity contribution in [3.63, 3.8) is 0 Å². The molecule has 0 amide bonds. The van der Waals surface area contributed by atoms with E-state index in [1.54, 1.807) is 23.3 Å². The summed E-state index contributed by atoms with van der Waals surface area (Å²) in [6.45, 7) is 4.31. The maximum atomic E-state index is 5.42. The first kappa shape index (κ1) is 12.8. The van der Waals surface area contributed by atoms with Gasteiger partial charge in [-0.25, -0.2) is 10.8 Å². The van der Waals surface area contributed by atoms with E-state index in [1.165, 1.54) is 12.8 Å². The molecule has 20 heavy (non-hydrogen) atoms. The lowest BCUT2D eigenvalue weighted by molar-refractivity contribution is 0.490. The number of nitrogens with zero attached hydrogens (tertiary/aromatic N) is 5. The van der Waals surface area contributed by atoms with E-state index < -0.39 is 0 Å². The van der Waals surface area contributed by atoms with Crippen LogP contribution in [0.1, 0.15) is 26.7 Å². The van der Waals surface area contributed by atoms with Crippen molar-refractivity contribution in [1.29, 1.82) is 0 Å². The minimum Gasteiger partial charge on any atom is -0.349 e. The highest BCUT2D eigenvalue weighted by Crippen LogP contribution is 2.40. The van der Waals surface area contributed by atoms with E-state index in [4.69, 9.17) is 5.84 Å². The van der Waals surface area contributed by atoms with E-state index >= 15 is 0 Å². The van der Waals surface area contributed by atoms with Crippen molar-refractivity contribution in [1.82, 2.24) is 24.5 Å². The van der Waals surface area contributed by atoms with Crippen LogP contribution in [0.15, 0.2) is 18.7 Å². The van der Waals surface area contributed by atoms with Crippen LogP contribution in [0.5, 0.6) is 0 Å². The number of aromatic nitrogens is 5. The number of rotatable bonds is 5. The number of hydrogen-bond donors (Lipinski definition) is 3. The average Bonchev–Trinajstić information content (AvgIpc) is 3.15. The topological polar surface area (TPSA) is 107 Å². The fourth-order valence-corrected chi connectivity index (χ4v) is 2.17. The molecule has 3 rings (SSSR count). The lowest BCUT2D eigenvalue weighted by atomic mass is 9.99. The van der Waals surface area contributed by atoms with Gasteiger partial charge in [0.2, 0.25) is 17.8 Å². The molecule has 0 bridgehead atoms. The van der Waals surface area contributed by atoms with Gasteiger partial charge in [-0.3, -0.25) is 9.99 Å². The summed E-state index contributed by atoms with van der Waals surface area (Å²) in [7, 11) is 0. The highest BCUT2D eigenvalue weighted by molar-refractivity contribution is 5.39. The summed E-state index contributed by atoms with van der Waals surface area (Å²) in [5, 5.41) is 3.37. The molecule has 2 aromatic rings. The van der Waals surface area contributed by atoms with Crippen LogP contribution < -0.4 is 16.6 Å². The van der Waals surface area contributed by atoms with Crippen molar-refractivity contribution in [3.05, 3.63) is 18.7 Å². The van der Waals surface area contributed by atoms with Crippen molar-refractivity contribution in [2.24, 2.45) is 11.8 Å². The van der Waals surface area contributed by atoms with E-state index in [9.17, 15) is 0 Å². The van der Waals surface area contributed by atoms with Crippen LogP contribution >= 0.6 is 0 Å². The Bertz CT molecular complexity index is 588. The number of nitrogens with two attached hydrogens (primary N) is 1. The molecule has 0 aromatic carbocycles. The maximum Gasteiger partial charge on any atom is 0.243 e. The Morgan fingerprint density at radius 2 is 2.00 bits per heavy atom. The van der Waals surface area contributed by atoms with Gasteiger partial charge in [0.25, 0.3) is 0 Å². The first-order valence-corrected chi connectivity index (χ1v) is 6.58. The molecule has 0 unspecified atom stereocenters. The molecule has 2 heterocycles. The molecule has 0 saturated heterocycles.